The van der Waals surface area contributed by atoms with E-state index in [1.807, 2.05) is 0 Å². The van der Waals surface area contributed by atoms with Gasteiger partial charge in [0.15, 0.2) is 5.69 Å². The number of rotatable bonds is 2. The van der Waals surface area contributed by atoms with Crippen LogP contribution in [0.1, 0.15) is 10.5 Å². The highest BCUT2D eigenvalue weighted by Crippen LogP contribution is 2.32. The van der Waals surface area contributed by atoms with E-state index >= 15 is 0 Å². The van der Waals surface area contributed by atoms with Crippen molar-refractivity contribution in [2.45, 2.75) is 0 Å². The first-order valence-corrected chi connectivity index (χ1v) is 6.13. The minimum Gasteiger partial charge on any atom is -0.506 e. The molecule has 0 spiro atoms. The van der Waals surface area contributed by atoms with Gasteiger partial charge >= 0.3 is 5.97 Å². The number of esters is 1. The molecular formula is C13H8Cl2FNO3. The van der Waals surface area contributed by atoms with E-state index in [9.17, 15) is 14.3 Å². The minimum absolute atomic E-state index is 0.00582. The van der Waals surface area contributed by atoms with Crippen molar-refractivity contribution >= 4 is 29.2 Å². The average molecular weight is 316 g/mol. The summed E-state index contributed by atoms with van der Waals surface area (Å²) in [5, 5.41) is 9.49. The number of nitrogens with zero attached hydrogens (tertiary/aromatic N) is 1. The molecule has 20 heavy (non-hydrogen) atoms. The molecule has 1 heterocycles. The van der Waals surface area contributed by atoms with E-state index in [-0.39, 0.29) is 32.7 Å². The van der Waals surface area contributed by atoms with E-state index in [0.717, 1.165) is 12.1 Å². The zero-order valence-electron chi connectivity index (χ0n) is 10.2. The molecule has 0 amide bonds. The second-order valence-electron chi connectivity index (χ2n) is 3.80. The van der Waals surface area contributed by atoms with Gasteiger partial charge in [0.05, 0.1) is 22.8 Å². The summed E-state index contributed by atoms with van der Waals surface area (Å²) < 4.78 is 18.4. The van der Waals surface area contributed by atoms with E-state index < -0.39 is 11.8 Å². The fourth-order valence-electron chi connectivity index (χ4n) is 1.57. The molecule has 0 bridgehead atoms. The molecule has 1 aromatic carbocycles. The minimum atomic E-state index is -0.740. The third-order valence-corrected chi connectivity index (χ3v) is 3.14. The van der Waals surface area contributed by atoms with E-state index in [1.54, 1.807) is 0 Å². The normalized spacial score (nSPS) is 10.4. The number of hydrogen-bond donors (Lipinski definition) is 1. The monoisotopic (exact) mass is 315 g/mol. The Morgan fingerprint density at radius 3 is 2.65 bits per heavy atom. The van der Waals surface area contributed by atoms with Gasteiger partial charge in [-0.15, -0.1) is 0 Å². The van der Waals surface area contributed by atoms with E-state index in [4.69, 9.17) is 23.2 Å². The van der Waals surface area contributed by atoms with Gasteiger partial charge in [0.1, 0.15) is 11.6 Å². The van der Waals surface area contributed by atoms with E-state index in [2.05, 4.69) is 9.72 Å². The van der Waals surface area contributed by atoms with Crippen LogP contribution in [0.5, 0.6) is 5.75 Å². The van der Waals surface area contributed by atoms with Crippen LogP contribution in [0.25, 0.3) is 11.3 Å². The van der Waals surface area contributed by atoms with Crippen LogP contribution in [-0.2, 0) is 4.74 Å². The number of aromatic hydroxyl groups is 1. The number of pyridine rings is 1. The molecule has 7 heteroatoms. The first-order valence-electron chi connectivity index (χ1n) is 5.37. The fraction of sp³-hybridized carbons (Fsp3) is 0.0769. The molecule has 0 fully saturated rings. The van der Waals surface area contributed by atoms with Gasteiger partial charge in [-0.1, -0.05) is 23.2 Å². The van der Waals surface area contributed by atoms with Crippen molar-refractivity contribution in [3.63, 3.8) is 0 Å². The Hall–Kier alpha value is -1.85. The van der Waals surface area contributed by atoms with Crippen LogP contribution in [0, 0.1) is 5.82 Å². The van der Waals surface area contributed by atoms with Crippen LogP contribution in [0.3, 0.4) is 0 Å². The molecule has 0 radical (unpaired) electrons. The maximum Gasteiger partial charge on any atom is 0.358 e. The number of carbonyl (C=O) groups is 1. The molecule has 4 nitrogen and oxygen atoms in total. The van der Waals surface area contributed by atoms with Crippen molar-refractivity contribution in [1.82, 2.24) is 4.98 Å². The van der Waals surface area contributed by atoms with Gasteiger partial charge in [-0.3, -0.25) is 0 Å². The summed E-state index contributed by atoms with van der Waals surface area (Å²) >= 11 is 11.4. The van der Waals surface area contributed by atoms with Crippen LogP contribution in [0.15, 0.2) is 24.3 Å². The number of carbonyl (C=O) groups excluding carboxylic acids is 1. The highest BCUT2D eigenvalue weighted by atomic mass is 35.5. The molecule has 0 aliphatic rings. The second-order valence-corrected chi connectivity index (χ2v) is 4.62. The predicted octanol–water partition coefficient (Wildman–Crippen LogP) is 3.69. The number of hydrogen-bond acceptors (Lipinski definition) is 4. The number of halogens is 3. The van der Waals surface area contributed by atoms with Crippen molar-refractivity contribution in [3.8, 4) is 17.0 Å². The Kier molecular flexibility index (Phi) is 4.11. The summed E-state index contributed by atoms with van der Waals surface area (Å²) in [7, 11) is 1.18. The van der Waals surface area contributed by atoms with Crippen LogP contribution < -0.4 is 0 Å². The number of phenols is 1. The summed E-state index contributed by atoms with van der Waals surface area (Å²) in [5.74, 6) is -1.71. The number of ether oxygens (including phenoxy) is 1. The molecule has 0 aliphatic carbocycles. The quantitative estimate of drug-likeness (QED) is 0.859. The SMILES string of the molecule is COC(=O)c1nc(-c2cc(O)c(Cl)cc2F)ccc1Cl. The Morgan fingerprint density at radius 2 is 2.00 bits per heavy atom. The van der Waals surface area contributed by atoms with Crippen molar-refractivity contribution < 1.29 is 19.0 Å². The van der Waals surface area contributed by atoms with Gasteiger partial charge in [-0.2, -0.15) is 0 Å². The Morgan fingerprint density at radius 1 is 1.30 bits per heavy atom. The van der Waals surface area contributed by atoms with E-state index in [0.29, 0.717) is 0 Å². The third-order valence-electron chi connectivity index (χ3n) is 2.54. The Balaban J connectivity index is 2.59. The molecule has 0 atom stereocenters. The molecule has 0 saturated carbocycles. The number of phenolic OH excluding ortho intramolecular Hbond substituents is 1. The highest BCUT2D eigenvalue weighted by molar-refractivity contribution is 6.33. The molecule has 2 rings (SSSR count). The van der Waals surface area contributed by atoms with Crippen molar-refractivity contribution in [2.24, 2.45) is 0 Å². The average Bonchev–Trinajstić information content (AvgIpc) is 2.43. The molecular weight excluding hydrogens is 308 g/mol. The fourth-order valence-corrected chi connectivity index (χ4v) is 1.90. The first-order chi connectivity index (χ1) is 9.43. The summed E-state index contributed by atoms with van der Waals surface area (Å²) in [6.45, 7) is 0. The summed E-state index contributed by atoms with van der Waals surface area (Å²) in [6, 6.07) is 4.89. The third kappa shape index (κ3) is 2.69. The Bertz CT molecular complexity index is 692. The van der Waals surface area contributed by atoms with Crippen LogP contribution in [0.2, 0.25) is 10.0 Å². The lowest BCUT2D eigenvalue weighted by molar-refractivity contribution is 0.0594. The maximum atomic E-state index is 13.8. The Labute approximate surface area is 123 Å². The zero-order valence-corrected chi connectivity index (χ0v) is 11.7. The molecule has 2 aromatic rings. The summed E-state index contributed by atoms with van der Waals surface area (Å²) in [5.41, 5.74) is -0.0199. The highest BCUT2D eigenvalue weighted by Gasteiger charge is 2.17. The second kappa shape index (κ2) is 5.64. The standard InChI is InChI=1S/C13H8Cl2FNO3/c1-20-13(19)12-7(14)2-3-10(17-12)6-4-11(18)8(15)5-9(6)16/h2-5,18H,1H3. The lowest BCUT2D eigenvalue weighted by Crippen LogP contribution is -2.06. The number of methoxy groups -OCH3 is 1. The predicted molar refractivity (Wildman–Crippen MR) is 72.7 cm³/mol. The van der Waals surface area contributed by atoms with Crippen molar-refractivity contribution in [3.05, 3.63) is 45.8 Å². The molecule has 1 aromatic heterocycles. The summed E-state index contributed by atoms with van der Waals surface area (Å²) in [6.07, 6.45) is 0. The molecule has 1 N–H and O–H groups in total. The van der Waals surface area contributed by atoms with E-state index in [1.165, 1.54) is 19.2 Å². The zero-order chi connectivity index (χ0) is 14.9. The molecule has 0 saturated heterocycles. The largest absolute Gasteiger partial charge is 0.506 e. The van der Waals surface area contributed by atoms with Crippen LogP contribution in [0.4, 0.5) is 4.39 Å². The maximum absolute atomic E-state index is 13.8. The molecule has 0 unspecified atom stereocenters. The first kappa shape index (κ1) is 14.6. The van der Waals surface area contributed by atoms with Gasteiger partial charge in [0.25, 0.3) is 0 Å². The van der Waals surface area contributed by atoms with Gasteiger partial charge in [0.2, 0.25) is 0 Å². The van der Waals surface area contributed by atoms with Gasteiger partial charge < -0.3 is 9.84 Å². The lowest BCUT2D eigenvalue weighted by Gasteiger charge is -2.07. The van der Waals surface area contributed by atoms with Crippen molar-refractivity contribution in [1.29, 1.82) is 0 Å². The van der Waals surface area contributed by atoms with Gasteiger partial charge in [-0.05, 0) is 24.3 Å². The molecule has 104 valence electrons. The lowest BCUT2D eigenvalue weighted by atomic mass is 10.1. The van der Waals surface area contributed by atoms with Crippen LogP contribution in [-0.4, -0.2) is 23.2 Å². The number of benzene rings is 1. The van der Waals surface area contributed by atoms with Gasteiger partial charge in [-0.25, -0.2) is 14.2 Å². The topological polar surface area (TPSA) is 59.4 Å². The number of aromatic nitrogens is 1. The molecule has 0 aliphatic heterocycles. The smallest absolute Gasteiger partial charge is 0.358 e. The van der Waals surface area contributed by atoms with Crippen LogP contribution >= 0.6 is 23.2 Å². The summed E-state index contributed by atoms with van der Waals surface area (Å²) in [4.78, 5) is 15.4. The van der Waals surface area contributed by atoms with Crippen molar-refractivity contribution in [2.75, 3.05) is 7.11 Å². The van der Waals surface area contributed by atoms with Gasteiger partial charge in [0, 0.05) is 5.56 Å².